The van der Waals surface area contributed by atoms with E-state index < -0.39 is 5.97 Å². The number of nitrogens with two attached hydrogens (primary N) is 1. The van der Waals surface area contributed by atoms with Gasteiger partial charge in [0, 0.05) is 6.08 Å². The predicted octanol–water partition coefficient (Wildman–Crippen LogP) is 2.00. The maximum Gasteiger partial charge on any atom is 0.330 e. The zero-order valence-corrected chi connectivity index (χ0v) is 9.82. The van der Waals surface area contributed by atoms with Crippen molar-refractivity contribution >= 4 is 33.7 Å². The Bertz CT molecular complexity index is 391. The second kappa shape index (κ2) is 5.50. The van der Waals surface area contributed by atoms with Crippen LogP contribution in [0.2, 0.25) is 0 Å². The summed E-state index contributed by atoms with van der Waals surface area (Å²) in [6.07, 6.45) is 2.83. The van der Waals surface area contributed by atoms with Crippen LogP contribution in [0.15, 0.2) is 22.8 Å². The van der Waals surface area contributed by atoms with Gasteiger partial charge in [0.15, 0.2) is 0 Å². The summed E-state index contributed by atoms with van der Waals surface area (Å²) >= 11 is 3.22. The van der Waals surface area contributed by atoms with Gasteiger partial charge in [-0.25, -0.2) is 9.78 Å². The van der Waals surface area contributed by atoms with Gasteiger partial charge in [-0.1, -0.05) is 0 Å². The lowest BCUT2D eigenvalue weighted by Gasteiger charge is -1.99. The van der Waals surface area contributed by atoms with Crippen LogP contribution < -0.4 is 5.73 Å². The first-order chi connectivity index (χ1) is 7.13. The summed E-state index contributed by atoms with van der Waals surface area (Å²) in [5.74, 6) is -0.404. The number of pyridine rings is 1. The summed E-state index contributed by atoms with van der Waals surface area (Å²) < 4.78 is 5.39. The molecule has 0 radical (unpaired) electrons. The van der Waals surface area contributed by atoms with Crippen LogP contribution in [0.5, 0.6) is 0 Å². The maximum atomic E-state index is 11.0. The van der Waals surface area contributed by atoms with Crippen LogP contribution in [0.25, 0.3) is 6.08 Å². The Labute approximate surface area is 96.3 Å². The molecule has 0 saturated carbocycles. The molecule has 1 heterocycles. The van der Waals surface area contributed by atoms with Crippen molar-refractivity contribution in [1.82, 2.24) is 4.98 Å². The summed E-state index contributed by atoms with van der Waals surface area (Å²) in [4.78, 5) is 15.1. The Kier molecular flexibility index (Phi) is 4.30. The number of rotatable bonds is 3. The van der Waals surface area contributed by atoms with E-state index >= 15 is 0 Å². The first kappa shape index (κ1) is 11.7. The van der Waals surface area contributed by atoms with Gasteiger partial charge >= 0.3 is 5.97 Å². The molecule has 0 aliphatic heterocycles. The zero-order chi connectivity index (χ0) is 11.3. The predicted molar refractivity (Wildman–Crippen MR) is 62.0 cm³/mol. The molecule has 0 bridgehead atoms. The van der Waals surface area contributed by atoms with Gasteiger partial charge in [0.25, 0.3) is 0 Å². The number of esters is 1. The molecule has 80 valence electrons. The molecule has 0 aromatic carbocycles. The molecule has 0 amide bonds. The standard InChI is InChI=1S/C10H11BrN2O2/c1-2-15-10(14)6-4-8-7(12)3-5-9(11)13-8/h3-6H,2,12H2,1H3/b6-4+. The average molecular weight is 271 g/mol. The monoisotopic (exact) mass is 270 g/mol. The number of hydrogen-bond acceptors (Lipinski definition) is 4. The first-order valence-electron chi connectivity index (χ1n) is 4.40. The number of carbonyl (C=O) groups is 1. The maximum absolute atomic E-state index is 11.0. The summed E-state index contributed by atoms with van der Waals surface area (Å²) in [5, 5.41) is 0. The van der Waals surface area contributed by atoms with Crippen molar-refractivity contribution in [2.45, 2.75) is 6.92 Å². The summed E-state index contributed by atoms with van der Waals surface area (Å²) in [6, 6.07) is 3.44. The van der Waals surface area contributed by atoms with E-state index in [4.69, 9.17) is 10.5 Å². The molecule has 1 rings (SSSR count). The van der Waals surface area contributed by atoms with E-state index in [9.17, 15) is 4.79 Å². The fourth-order valence-electron chi connectivity index (χ4n) is 0.932. The number of hydrogen-bond donors (Lipinski definition) is 1. The van der Waals surface area contributed by atoms with Gasteiger partial charge in [-0.15, -0.1) is 0 Å². The van der Waals surface area contributed by atoms with Crippen LogP contribution in [-0.4, -0.2) is 17.6 Å². The van der Waals surface area contributed by atoms with Crippen molar-refractivity contribution in [3.63, 3.8) is 0 Å². The van der Waals surface area contributed by atoms with Crippen molar-refractivity contribution in [2.24, 2.45) is 0 Å². The minimum Gasteiger partial charge on any atom is -0.463 e. The van der Waals surface area contributed by atoms with Crippen molar-refractivity contribution in [2.75, 3.05) is 12.3 Å². The Morgan fingerprint density at radius 3 is 3.07 bits per heavy atom. The van der Waals surface area contributed by atoms with Crippen molar-refractivity contribution in [3.8, 4) is 0 Å². The fraction of sp³-hybridized carbons (Fsp3) is 0.200. The zero-order valence-electron chi connectivity index (χ0n) is 8.24. The van der Waals surface area contributed by atoms with Crippen molar-refractivity contribution < 1.29 is 9.53 Å². The normalized spacial score (nSPS) is 10.5. The SMILES string of the molecule is CCOC(=O)/C=C/c1nc(Br)ccc1N. The van der Waals surface area contributed by atoms with Gasteiger partial charge in [-0.05, 0) is 41.1 Å². The number of aromatic nitrogens is 1. The minimum absolute atomic E-state index is 0.352. The number of halogens is 1. The van der Waals surface area contributed by atoms with Gasteiger partial charge in [0.2, 0.25) is 0 Å². The number of nitrogen functional groups attached to an aromatic ring is 1. The molecule has 0 unspecified atom stereocenters. The van der Waals surface area contributed by atoms with Crippen LogP contribution in [0.3, 0.4) is 0 Å². The van der Waals surface area contributed by atoms with Crippen molar-refractivity contribution in [3.05, 3.63) is 28.5 Å². The van der Waals surface area contributed by atoms with Gasteiger partial charge in [0.1, 0.15) is 4.60 Å². The Morgan fingerprint density at radius 1 is 1.67 bits per heavy atom. The fourth-order valence-corrected chi connectivity index (χ4v) is 1.25. The van der Waals surface area contributed by atoms with Crippen LogP contribution in [0, 0.1) is 0 Å². The highest BCUT2D eigenvalue weighted by Gasteiger charge is 1.99. The third-order valence-electron chi connectivity index (χ3n) is 1.59. The second-order valence-corrected chi connectivity index (χ2v) is 3.51. The molecule has 0 fully saturated rings. The molecule has 15 heavy (non-hydrogen) atoms. The molecule has 0 aliphatic carbocycles. The van der Waals surface area contributed by atoms with Crippen LogP contribution >= 0.6 is 15.9 Å². The first-order valence-corrected chi connectivity index (χ1v) is 5.19. The Morgan fingerprint density at radius 2 is 2.40 bits per heavy atom. The topological polar surface area (TPSA) is 65.2 Å². The Balaban J connectivity index is 2.79. The molecule has 4 nitrogen and oxygen atoms in total. The van der Waals surface area contributed by atoms with Crippen LogP contribution in [-0.2, 0) is 9.53 Å². The van der Waals surface area contributed by atoms with E-state index in [2.05, 4.69) is 20.9 Å². The van der Waals surface area contributed by atoms with E-state index in [1.54, 1.807) is 19.1 Å². The molecule has 0 aliphatic rings. The number of carbonyl (C=O) groups excluding carboxylic acids is 1. The molecule has 1 aromatic rings. The highest BCUT2D eigenvalue weighted by molar-refractivity contribution is 9.10. The van der Waals surface area contributed by atoms with E-state index in [0.29, 0.717) is 22.6 Å². The van der Waals surface area contributed by atoms with E-state index in [1.165, 1.54) is 12.2 Å². The summed E-state index contributed by atoms with van der Waals surface area (Å²) in [6.45, 7) is 2.10. The summed E-state index contributed by atoms with van der Waals surface area (Å²) in [5.41, 5.74) is 6.71. The number of anilines is 1. The number of nitrogens with zero attached hydrogens (tertiary/aromatic N) is 1. The highest BCUT2D eigenvalue weighted by Crippen LogP contribution is 2.15. The molecular weight excluding hydrogens is 260 g/mol. The molecular formula is C10H11BrN2O2. The molecule has 0 atom stereocenters. The van der Waals surface area contributed by atoms with E-state index in [0.717, 1.165) is 0 Å². The number of ether oxygens (including phenoxy) is 1. The third-order valence-corrected chi connectivity index (χ3v) is 2.03. The third kappa shape index (κ3) is 3.71. The highest BCUT2D eigenvalue weighted by atomic mass is 79.9. The van der Waals surface area contributed by atoms with Gasteiger partial charge in [0.05, 0.1) is 18.0 Å². The molecule has 0 saturated heterocycles. The molecule has 2 N–H and O–H groups in total. The van der Waals surface area contributed by atoms with Gasteiger partial charge in [-0.3, -0.25) is 0 Å². The minimum atomic E-state index is -0.404. The van der Waals surface area contributed by atoms with Gasteiger partial charge in [-0.2, -0.15) is 0 Å². The Hall–Kier alpha value is -1.36. The quantitative estimate of drug-likeness (QED) is 0.518. The van der Waals surface area contributed by atoms with Crippen LogP contribution in [0.1, 0.15) is 12.6 Å². The smallest absolute Gasteiger partial charge is 0.330 e. The summed E-state index contributed by atoms with van der Waals surface area (Å²) in [7, 11) is 0. The van der Waals surface area contributed by atoms with E-state index in [-0.39, 0.29) is 0 Å². The van der Waals surface area contributed by atoms with Crippen molar-refractivity contribution in [1.29, 1.82) is 0 Å². The molecule has 1 aromatic heterocycles. The lowest BCUT2D eigenvalue weighted by Crippen LogP contribution is -1.99. The molecule has 0 spiro atoms. The lowest BCUT2D eigenvalue weighted by atomic mass is 10.3. The average Bonchev–Trinajstić information content (AvgIpc) is 2.20. The largest absolute Gasteiger partial charge is 0.463 e. The second-order valence-electron chi connectivity index (χ2n) is 2.69. The van der Waals surface area contributed by atoms with Crippen LogP contribution in [0.4, 0.5) is 5.69 Å². The van der Waals surface area contributed by atoms with E-state index in [1.807, 2.05) is 0 Å². The van der Waals surface area contributed by atoms with Gasteiger partial charge < -0.3 is 10.5 Å². The molecule has 5 heteroatoms. The lowest BCUT2D eigenvalue weighted by molar-refractivity contribution is -0.137.